The molecule has 0 atom stereocenters. The molecule has 0 bridgehead atoms. The number of nitrogens with zero attached hydrogens (tertiary/aromatic N) is 3. The van der Waals surface area contributed by atoms with E-state index in [4.69, 9.17) is 12.2 Å². The van der Waals surface area contributed by atoms with E-state index in [0.29, 0.717) is 10.6 Å². The van der Waals surface area contributed by atoms with E-state index in [0.717, 1.165) is 11.1 Å². The van der Waals surface area contributed by atoms with Crippen LogP contribution in [0.15, 0.2) is 53.6 Å². The van der Waals surface area contributed by atoms with Crippen LogP contribution in [-0.2, 0) is 0 Å². The Morgan fingerprint density at radius 2 is 1.86 bits per heavy atom. The van der Waals surface area contributed by atoms with Crippen molar-refractivity contribution in [3.63, 3.8) is 0 Å². The van der Waals surface area contributed by atoms with Gasteiger partial charge in [0.15, 0.2) is 5.82 Å². The zero-order valence-electron chi connectivity index (χ0n) is 12.4. The van der Waals surface area contributed by atoms with Gasteiger partial charge in [-0.1, -0.05) is 59.7 Å². The molecule has 110 valence electrons. The van der Waals surface area contributed by atoms with Crippen molar-refractivity contribution in [3.05, 3.63) is 70.0 Å². The minimum atomic E-state index is 0.472. The summed E-state index contributed by atoms with van der Waals surface area (Å²) in [5.74, 6) is 0.703. The van der Waals surface area contributed by atoms with Gasteiger partial charge in [0.05, 0.1) is 6.21 Å². The van der Waals surface area contributed by atoms with Crippen LogP contribution in [0.5, 0.6) is 0 Å². The molecule has 0 fully saturated rings. The summed E-state index contributed by atoms with van der Waals surface area (Å²) >= 11 is 5.27. The van der Waals surface area contributed by atoms with Crippen LogP contribution in [0, 0.1) is 18.6 Å². The summed E-state index contributed by atoms with van der Waals surface area (Å²) in [6.45, 7) is 4.11. The zero-order valence-corrected chi connectivity index (χ0v) is 13.3. The van der Waals surface area contributed by atoms with Gasteiger partial charge in [-0.05, 0) is 31.6 Å². The molecule has 1 N–H and O–H groups in total. The number of H-pyrrole nitrogens is 1. The van der Waals surface area contributed by atoms with E-state index >= 15 is 0 Å². The van der Waals surface area contributed by atoms with Crippen molar-refractivity contribution < 1.29 is 0 Å². The molecular formula is C17H16N4S. The van der Waals surface area contributed by atoms with Gasteiger partial charge in [-0.2, -0.15) is 14.9 Å². The smallest absolute Gasteiger partial charge is 0.216 e. The van der Waals surface area contributed by atoms with Gasteiger partial charge in [-0.25, -0.2) is 5.10 Å². The first kappa shape index (κ1) is 14.4. The van der Waals surface area contributed by atoms with E-state index in [-0.39, 0.29) is 0 Å². The number of rotatable bonds is 3. The molecule has 0 aliphatic rings. The Balaban J connectivity index is 1.99. The summed E-state index contributed by atoms with van der Waals surface area (Å²) in [6.07, 6.45) is 1.79. The van der Waals surface area contributed by atoms with Crippen molar-refractivity contribution >= 4 is 18.4 Å². The SMILES string of the molecule is Cc1ccc(-c2n[nH]c(=S)n2/N=C\c2cccc(C)c2)cc1. The zero-order chi connectivity index (χ0) is 15.5. The predicted molar refractivity (Wildman–Crippen MR) is 91.8 cm³/mol. The third kappa shape index (κ3) is 3.04. The summed E-state index contributed by atoms with van der Waals surface area (Å²) in [6, 6.07) is 16.2. The second-order valence-corrected chi connectivity index (χ2v) is 5.58. The highest BCUT2D eigenvalue weighted by Gasteiger charge is 2.07. The van der Waals surface area contributed by atoms with Crippen LogP contribution in [0.1, 0.15) is 16.7 Å². The van der Waals surface area contributed by atoms with Gasteiger partial charge in [0, 0.05) is 5.56 Å². The maximum atomic E-state index is 5.27. The van der Waals surface area contributed by atoms with E-state index < -0.39 is 0 Å². The van der Waals surface area contributed by atoms with Crippen molar-refractivity contribution in [1.82, 2.24) is 14.9 Å². The first-order valence-electron chi connectivity index (χ1n) is 6.99. The van der Waals surface area contributed by atoms with Crippen molar-refractivity contribution in [2.45, 2.75) is 13.8 Å². The lowest BCUT2D eigenvalue weighted by atomic mass is 10.1. The molecule has 22 heavy (non-hydrogen) atoms. The van der Waals surface area contributed by atoms with E-state index in [1.807, 2.05) is 36.4 Å². The number of hydrogen-bond acceptors (Lipinski definition) is 3. The number of benzene rings is 2. The largest absolute Gasteiger partial charge is 0.250 e. The lowest BCUT2D eigenvalue weighted by Gasteiger charge is -2.02. The second-order valence-electron chi connectivity index (χ2n) is 5.19. The standard InChI is InChI=1S/C17H16N4S/c1-12-6-8-15(9-7-12)16-19-20-17(22)21(16)18-11-14-5-3-4-13(2)10-14/h3-11H,1-2H3,(H,20,22)/b18-11-. The Hall–Kier alpha value is -2.53. The molecule has 0 aliphatic carbocycles. The van der Waals surface area contributed by atoms with Gasteiger partial charge in [-0.3, -0.25) is 0 Å². The van der Waals surface area contributed by atoms with E-state index in [1.165, 1.54) is 11.1 Å². The molecular weight excluding hydrogens is 292 g/mol. The van der Waals surface area contributed by atoms with Crippen LogP contribution >= 0.6 is 12.2 Å². The van der Waals surface area contributed by atoms with Crippen LogP contribution in [0.25, 0.3) is 11.4 Å². The third-order valence-electron chi connectivity index (χ3n) is 3.32. The first-order chi connectivity index (χ1) is 10.6. The number of aryl methyl sites for hydroxylation is 2. The molecule has 2 aromatic carbocycles. The van der Waals surface area contributed by atoms with Crippen LogP contribution in [0.2, 0.25) is 0 Å². The molecule has 1 aromatic heterocycles. The summed E-state index contributed by atoms with van der Waals surface area (Å²) in [4.78, 5) is 0. The van der Waals surface area contributed by atoms with Crippen LogP contribution in [0.4, 0.5) is 0 Å². The molecule has 3 rings (SSSR count). The number of aromatic amines is 1. The normalized spacial score (nSPS) is 11.2. The number of aromatic nitrogens is 3. The topological polar surface area (TPSA) is 46.0 Å². The van der Waals surface area contributed by atoms with Crippen LogP contribution in [-0.4, -0.2) is 21.1 Å². The molecule has 0 radical (unpaired) electrons. The van der Waals surface area contributed by atoms with Gasteiger partial charge in [0.25, 0.3) is 0 Å². The van der Waals surface area contributed by atoms with Gasteiger partial charge in [0.1, 0.15) is 0 Å². The van der Waals surface area contributed by atoms with E-state index in [9.17, 15) is 0 Å². The lowest BCUT2D eigenvalue weighted by Crippen LogP contribution is -1.95. The Morgan fingerprint density at radius 1 is 1.09 bits per heavy atom. The average Bonchev–Trinajstić information content (AvgIpc) is 2.87. The highest BCUT2D eigenvalue weighted by molar-refractivity contribution is 7.71. The highest BCUT2D eigenvalue weighted by Crippen LogP contribution is 2.17. The van der Waals surface area contributed by atoms with E-state index in [1.54, 1.807) is 10.9 Å². The lowest BCUT2D eigenvalue weighted by molar-refractivity contribution is 0.871. The molecule has 1 heterocycles. The van der Waals surface area contributed by atoms with Crippen molar-refractivity contribution in [3.8, 4) is 11.4 Å². The van der Waals surface area contributed by atoms with Gasteiger partial charge in [0.2, 0.25) is 4.77 Å². The quantitative estimate of drug-likeness (QED) is 0.584. The van der Waals surface area contributed by atoms with E-state index in [2.05, 4.69) is 41.3 Å². The fourth-order valence-corrected chi connectivity index (χ4v) is 2.34. The molecule has 3 aromatic rings. The summed E-state index contributed by atoms with van der Waals surface area (Å²) in [5.41, 5.74) is 4.39. The monoisotopic (exact) mass is 308 g/mol. The molecule has 5 heteroatoms. The van der Waals surface area contributed by atoms with Gasteiger partial charge < -0.3 is 0 Å². The van der Waals surface area contributed by atoms with Crippen LogP contribution < -0.4 is 0 Å². The first-order valence-corrected chi connectivity index (χ1v) is 7.40. The van der Waals surface area contributed by atoms with Crippen LogP contribution in [0.3, 0.4) is 0 Å². The fourth-order valence-electron chi connectivity index (χ4n) is 2.16. The predicted octanol–water partition coefficient (Wildman–Crippen LogP) is 4.11. The minimum absolute atomic E-state index is 0.472. The van der Waals surface area contributed by atoms with Gasteiger partial charge >= 0.3 is 0 Å². The van der Waals surface area contributed by atoms with Crippen molar-refractivity contribution in [1.29, 1.82) is 0 Å². The second kappa shape index (κ2) is 6.07. The third-order valence-corrected chi connectivity index (χ3v) is 3.59. The van der Waals surface area contributed by atoms with Gasteiger partial charge in [-0.15, -0.1) is 0 Å². The Bertz CT molecular complexity index is 872. The molecule has 0 saturated heterocycles. The molecule has 0 spiro atoms. The molecule has 0 saturated carbocycles. The summed E-state index contributed by atoms with van der Waals surface area (Å²) in [5, 5.41) is 11.5. The Kier molecular flexibility index (Phi) is 3.98. The maximum Gasteiger partial charge on any atom is 0.216 e. The Morgan fingerprint density at radius 3 is 2.59 bits per heavy atom. The maximum absolute atomic E-state index is 5.27. The minimum Gasteiger partial charge on any atom is -0.250 e. The molecule has 0 amide bonds. The molecule has 0 unspecified atom stereocenters. The highest BCUT2D eigenvalue weighted by atomic mass is 32.1. The molecule has 4 nitrogen and oxygen atoms in total. The van der Waals surface area contributed by atoms with Crippen molar-refractivity contribution in [2.75, 3.05) is 0 Å². The summed E-state index contributed by atoms with van der Waals surface area (Å²) in [7, 11) is 0. The average molecular weight is 308 g/mol. The van der Waals surface area contributed by atoms with Crippen molar-refractivity contribution in [2.24, 2.45) is 5.10 Å². The number of hydrogen-bond donors (Lipinski definition) is 1. The fraction of sp³-hybridized carbons (Fsp3) is 0.118. The Labute approximate surface area is 134 Å². The summed E-state index contributed by atoms with van der Waals surface area (Å²) < 4.78 is 2.11. The number of nitrogens with one attached hydrogen (secondary N) is 1. The molecule has 0 aliphatic heterocycles.